The fourth-order valence-corrected chi connectivity index (χ4v) is 2.32. The second kappa shape index (κ2) is 7.37. The second-order valence-corrected chi connectivity index (χ2v) is 5.41. The molecular weight excluding hydrogens is 300 g/mol. The van der Waals surface area contributed by atoms with Crippen molar-refractivity contribution in [3.63, 3.8) is 0 Å². The SMILES string of the molecule is CC(=NNC(=O)Cc1ccccc1)c1ccc(-n2ccnc2)cc1. The minimum atomic E-state index is -0.129. The number of hydrogen-bond acceptors (Lipinski definition) is 3. The molecular formula is C19H18N4O. The van der Waals surface area contributed by atoms with Crippen LogP contribution in [0.2, 0.25) is 0 Å². The number of benzene rings is 2. The molecule has 1 heterocycles. The van der Waals surface area contributed by atoms with Crippen LogP contribution in [0.3, 0.4) is 0 Å². The average molecular weight is 318 g/mol. The van der Waals surface area contributed by atoms with Gasteiger partial charge >= 0.3 is 0 Å². The lowest BCUT2D eigenvalue weighted by Crippen LogP contribution is -2.21. The third-order valence-corrected chi connectivity index (χ3v) is 3.64. The van der Waals surface area contributed by atoms with Gasteiger partial charge in [0.1, 0.15) is 0 Å². The van der Waals surface area contributed by atoms with Crippen molar-refractivity contribution >= 4 is 11.6 Å². The standard InChI is InChI=1S/C19H18N4O/c1-15(21-22-19(24)13-16-5-3-2-4-6-16)17-7-9-18(10-8-17)23-12-11-20-14-23/h2-12,14H,13H2,1H3,(H,22,24). The summed E-state index contributed by atoms with van der Waals surface area (Å²) in [5, 5.41) is 4.18. The Bertz CT molecular complexity index is 822. The predicted molar refractivity (Wildman–Crippen MR) is 94.1 cm³/mol. The molecule has 1 aromatic heterocycles. The summed E-state index contributed by atoms with van der Waals surface area (Å²) in [5.41, 5.74) is 6.31. The van der Waals surface area contributed by atoms with E-state index in [1.165, 1.54) is 0 Å². The van der Waals surface area contributed by atoms with Crippen LogP contribution in [0.25, 0.3) is 5.69 Å². The molecule has 2 aromatic carbocycles. The molecule has 0 saturated carbocycles. The van der Waals surface area contributed by atoms with E-state index in [-0.39, 0.29) is 5.91 Å². The highest BCUT2D eigenvalue weighted by Gasteiger charge is 2.03. The third-order valence-electron chi connectivity index (χ3n) is 3.64. The highest BCUT2D eigenvalue weighted by molar-refractivity contribution is 5.99. The minimum absolute atomic E-state index is 0.129. The normalized spacial score (nSPS) is 11.3. The van der Waals surface area contributed by atoms with Gasteiger partial charge in [-0.2, -0.15) is 5.10 Å². The van der Waals surface area contributed by atoms with Gasteiger partial charge in [0.25, 0.3) is 0 Å². The molecule has 3 rings (SSSR count). The molecule has 0 aliphatic heterocycles. The van der Waals surface area contributed by atoms with Gasteiger partial charge in [-0.3, -0.25) is 4.79 Å². The van der Waals surface area contributed by atoms with Crippen molar-refractivity contribution in [2.75, 3.05) is 0 Å². The Morgan fingerprint density at radius 3 is 2.54 bits per heavy atom. The first-order valence-corrected chi connectivity index (χ1v) is 7.68. The Hall–Kier alpha value is -3.21. The molecule has 120 valence electrons. The predicted octanol–water partition coefficient (Wildman–Crippen LogP) is 2.96. The number of rotatable bonds is 5. The van der Waals surface area contributed by atoms with Gasteiger partial charge in [0.15, 0.2) is 0 Å². The molecule has 0 atom stereocenters. The fraction of sp³-hybridized carbons (Fsp3) is 0.105. The second-order valence-electron chi connectivity index (χ2n) is 5.41. The van der Waals surface area contributed by atoms with E-state index in [9.17, 15) is 4.79 Å². The number of carbonyl (C=O) groups is 1. The van der Waals surface area contributed by atoms with E-state index in [1.807, 2.05) is 72.3 Å². The van der Waals surface area contributed by atoms with Gasteiger partial charge in [-0.25, -0.2) is 10.4 Å². The Kier molecular flexibility index (Phi) is 4.81. The van der Waals surface area contributed by atoms with E-state index >= 15 is 0 Å². The Labute approximate surface area is 140 Å². The zero-order valence-corrected chi connectivity index (χ0v) is 13.4. The van der Waals surface area contributed by atoms with E-state index in [4.69, 9.17) is 0 Å². The van der Waals surface area contributed by atoms with Gasteiger partial charge in [-0.05, 0) is 30.2 Å². The summed E-state index contributed by atoms with van der Waals surface area (Å²) in [7, 11) is 0. The van der Waals surface area contributed by atoms with Crippen LogP contribution in [0.15, 0.2) is 78.4 Å². The third kappa shape index (κ3) is 3.95. The van der Waals surface area contributed by atoms with Gasteiger partial charge in [0.2, 0.25) is 5.91 Å². The highest BCUT2D eigenvalue weighted by atomic mass is 16.2. The summed E-state index contributed by atoms with van der Waals surface area (Å²) < 4.78 is 1.93. The van der Waals surface area contributed by atoms with Crippen molar-refractivity contribution in [2.45, 2.75) is 13.3 Å². The quantitative estimate of drug-likeness (QED) is 0.581. The zero-order valence-electron chi connectivity index (χ0n) is 13.4. The first kappa shape index (κ1) is 15.7. The summed E-state index contributed by atoms with van der Waals surface area (Å²) in [4.78, 5) is 16.0. The number of carbonyl (C=O) groups excluding carboxylic acids is 1. The maximum atomic E-state index is 11.9. The highest BCUT2D eigenvalue weighted by Crippen LogP contribution is 2.10. The number of nitrogens with one attached hydrogen (secondary N) is 1. The van der Waals surface area contributed by atoms with Crippen molar-refractivity contribution in [3.8, 4) is 5.69 Å². The molecule has 0 aliphatic rings. The van der Waals surface area contributed by atoms with E-state index in [1.54, 1.807) is 12.5 Å². The van der Waals surface area contributed by atoms with Crippen LogP contribution >= 0.6 is 0 Å². The maximum absolute atomic E-state index is 11.9. The molecule has 0 saturated heterocycles. The smallest absolute Gasteiger partial charge is 0.244 e. The minimum Gasteiger partial charge on any atom is -0.306 e. The Morgan fingerprint density at radius 2 is 1.88 bits per heavy atom. The number of aromatic nitrogens is 2. The molecule has 1 N–H and O–H groups in total. The first-order valence-electron chi connectivity index (χ1n) is 7.68. The van der Waals surface area contributed by atoms with Gasteiger partial charge in [0.05, 0.1) is 18.5 Å². The topological polar surface area (TPSA) is 59.3 Å². The van der Waals surface area contributed by atoms with Crippen LogP contribution in [0.1, 0.15) is 18.1 Å². The molecule has 0 bridgehead atoms. The molecule has 0 unspecified atom stereocenters. The molecule has 5 heteroatoms. The van der Waals surface area contributed by atoms with Crippen LogP contribution in [0, 0.1) is 0 Å². The zero-order chi connectivity index (χ0) is 16.8. The van der Waals surface area contributed by atoms with Crippen LogP contribution in [0.5, 0.6) is 0 Å². The van der Waals surface area contributed by atoms with Gasteiger partial charge in [-0.15, -0.1) is 0 Å². The molecule has 3 aromatic rings. The van der Waals surface area contributed by atoms with Crippen LogP contribution < -0.4 is 5.43 Å². The molecule has 1 amide bonds. The number of hydrogen-bond donors (Lipinski definition) is 1. The van der Waals surface area contributed by atoms with Crippen molar-refractivity contribution in [2.24, 2.45) is 5.10 Å². The van der Waals surface area contributed by atoms with Gasteiger partial charge in [-0.1, -0.05) is 42.5 Å². The molecule has 24 heavy (non-hydrogen) atoms. The summed E-state index contributed by atoms with van der Waals surface area (Å²) in [6.45, 7) is 1.87. The average Bonchev–Trinajstić information content (AvgIpc) is 3.15. The largest absolute Gasteiger partial charge is 0.306 e. The Balaban J connectivity index is 1.62. The molecule has 5 nitrogen and oxygen atoms in total. The summed E-state index contributed by atoms with van der Waals surface area (Å²) in [6.07, 6.45) is 5.69. The fourth-order valence-electron chi connectivity index (χ4n) is 2.32. The lowest BCUT2D eigenvalue weighted by Gasteiger charge is -2.05. The van der Waals surface area contributed by atoms with Crippen molar-refractivity contribution in [1.29, 1.82) is 0 Å². The lowest BCUT2D eigenvalue weighted by atomic mass is 10.1. The van der Waals surface area contributed by atoms with Crippen molar-refractivity contribution in [3.05, 3.63) is 84.4 Å². The van der Waals surface area contributed by atoms with E-state index in [0.717, 1.165) is 22.5 Å². The molecule has 0 fully saturated rings. The van der Waals surface area contributed by atoms with E-state index < -0.39 is 0 Å². The number of amides is 1. The van der Waals surface area contributed by atoms with Crippen LogP contribution in [-0.4, -0.2) is 21.2 Å². The van der Waals surface area contributed by atoms with Crippen molar-refractivity contribution in [1.82, 2.24) is 15.0 Å². The lowest BCUT2D eigenvalue weighted by molar-refractivity contribution is -0.120. The molecule has 0 aliphatic carbocycles. The van der Waals surface area contributed by atoms with Gasteiger partial charge < -0.3 is 4.57 Å². The summed E-state index contributed by atoms with van der Waals surface area (Å²) >= 11 is 0. The van der Waals surface area contributed by atoms with E-state index in [0.29, 0.717) is 6.42 Å². The number of nitrogens with zero attached hydrogens (tertiary/aromatic N) is 3. The van der Waals surface area contributed by atoms with E-state index in [2.05, 4.69) is 15.5 Å². The summed E-state index contributed by atoms with van der Waals surface area (Å²) in [5.74, 6) is -0.129. The first-order chi connectivity index (χ1) is 11.7. The van der Waals surface area contributed by atoms with Crippen molar-refractivity contribution < 1.29 is 4.79 Å². The molecule has 0 spiro atoms. The Morgan fingerprint density at radius 1 is 1.12 bits per heavy atom. The van der Waals surface area contributed by atoms with Gasteiger partial charge in [0, 0.05) is 18.1 Å². The molecule has 0 radical (unpaired) electrons. The van der Waals surface area contributed by atoms with Crippen LogP contribution in [-0.2, 0) is 11.2 Å². The number of hydrazone groups is 1. The number of imidazole rings is 1. The monoisotopic (exact) mass is 318 g/mol. The summed E-state index contributed by atoms with van der Waals surface area (Å²) in [6, 6.07) is 17.5. The maximum Gasteiger partial charge on any atom is 0.244 e. The van der Waals surface area contributed by atoms with Crippen LogP contribution in [0.4, 0.5) is 0 Å².